The Hall–Kier alpha value is -0.800. The van der Waals surface area contributed by atoms with Crippen LogP contribution in [0.4, 0.5) is 0 Å². The van der Waals surface area contributed by atoms with Crippen molar-refractivity contribution in [2.24, 2.45) is 0 Å². The van der Waals surface area contributed by atoms with Crippen molar-refractivity contribution in [3.8, 4) is 5.75 Å². The van der Waals surface area contributed by atoms with Gasteiger partial charge in [0.2, 0.25) is 0 Å². The molecular weight excluding hydrogens is 392 g/mol. The van der Waals surface area contributed by atoms with Crippen molar-refractivity contribution in [3.63, 3.8) is 0 Å². The molecule has 0 saturated heterocycles. The van der Waals surface area contributed by atoms with Gasteiger partial charge in [0.05, 0.1) is 11.1 Å². The van der Waals surface area contributed by atoms with Gasteiger partial charge in [-0.25, -0.2) is 0 Å². The van der Waals surface area contributed by atoms with E-state index in [1.165, 1.54) is 22.3 Å². The van der Waals surface area contributed by atoms with Crippen LogP contribution in [0.5, 0.6) is 5.75 Å². The summed E-state index contributed by atoms with van der Waals surface area (Å²) in [5, 5.41) is 0. The second-order valence-corrected chi connectivity index (χ2v) is 7.17. The van der Waals surface area contributed by atoms with Crippen LogP contribution >= 0.6 is 31.9 Å². The molecule has 1 atom stereocenters. The van der Waals surface area contributed by atoms with Gasteiger partial charge < -0.3 is 4.74 Å². The Morgan fingerprint density at radius 1 is 1.05 bits per heavy atom. The summed E-state index contributed by atoms with van der Waals surface area (Å²) in [6.45, 7) is 6.98. The molecular formula is C18H20Br2O. The zero-order valence-corrected chi connectivity index (χ0v) is 15.8. The molecule has 0 spiro atoms. The van der Waals surface area contributed by atoms with Gasteiger partial charge in [0.1, 0.15) is 5.75 Å². The van der Waals surface area contributed by atoms with Crippen molar-refractivity contribution in [3.05, 3.63) is 63.1 Å². The Kier molecular flexibility index (Phi) is 5.88. The summed E-state index contributed by atoms with van der Waals surface area (Å²) in [5.41, 5.74) is 5.29. The van der Waals surface area contributed by atoms with E-state index in [4.69, 9.17) is 4.74 Å². The lowest BCUT2D eigenvalue weighted by molar-refractivity contribution is 0.338. The molecule has 2 aromatic carbocycles. The highest BCUT2D eigenvalue weighted by Gasteiger charge is 2.11. The highest BCUT2D eigenvalue weighted by Crippen LogP contribution is 2.33. The van der Waals surface area contributed by atoms with E-state index in [2.05, 4.69) is 76.0 Å². The van der Waals surface area contributed by atoms with Gasteiger partial charge in [-0.05, 0) is 77.5 Å². The second-order valence-electron chi connectivity index (χ2n) is 5.21. The first kappa shape index (κ1) is 16.6. The van der Waals surface area contributed by atoms with Gasteiger partial charge in [-0.2, -0.15) is 0 Å². The molecule has 0 radical (unpaired) electrons. The first-order valence-corrected chi connectivity index (χ1v) is 8.84. The third kappa shape index (κ3) is 4.33. The number of alkyl halides is 1. The van der Waals surface area contributed by atoms with Gasteiger partial charge in [-0.3, -0.25) is 0 Å². The average molecular weight is 412 g/mol. The Morgan fingerprint density at radius 3 is 2.43 bits per heavy atom. The van der Waals surface area contributed by atoms with E-state index in [-0.39, 0.29) is 0 Å². The predicted molar refractivity (Wildman–Crippen MR) is 96.6 cm³/mol. The lowest BCUT2D eigenvalue weighted by Gasteiger charge is -2.14. The summed E-state index contributed by atoms with van der Waals surface area (Å²) in [5.74, 6) is 0.895. The molecule has 0 aliphatic carbocycles. The number of hydrogen-bond donors (Lipinski definition) is 0. The number of rotatable bonds is 5. The number of aryl methyl sites for hydroxylation is 2. The van der Waals surface area contributed by atoms with Crippen LogP contribution in [0.1, 0.15) is 34.0 Å². The lowest BCUT2D eigenvalue weighted by atomic mass is 10.0. The first-order valence-electron chi connectivity index (χ1n) is 7.13. The van der Waals surface area contributed by atoms with Crippen LogP contribution in [-0.2, 0) is 6.42 Å². The lowest BCUT2D eigenvalue weighted by Crippen LogP contribution is -1.98. The van der Waals surface area contributed by atoms with Gasteiger partial charge in [0.25, 0.3) is 0 Å². The molecule has 0 bridgehead atoms. The van der Waals surface area contributed by atoms with Crippen LogP contribution < -0.4 is 4.74 Å². The Labute approximate surface area is 144 Å². The summed E-state index contributed by atoms with van der Waals surface area (Å²) in [4.78, 5) is 0.298. The number of halogens is 2. The minimum atomic E-state index is 0.298. The third-order valence-electron chi connectivity index (χ3n) is 3.60. The molecule has 0 aromatic heterocycles. The fourth-order valence-corrected chi connectivity index (χ4v) is 3.41. The van der Waals surface area contributed by atoms with Crippen molar-refractivity contribution < 1.29 is 4.74 Å². The zero-order valence-electron chi connectivity index (χ0n) is 12.6. The summed E-state index contributed by atoms with van der Waals surface area (Å²) in [6.07, 6.45) is 0.974. The SMILES string of the molecule is CCOc1ccc(C(Br)Cc2ccc(C)c(C)c2)cc1Br. The van der Waals surface area contributed by atoms with E-state index >= 15 is 0 Å². The second kappa shape index (κ2) is 7.46. The van der Waals surface area contributed by atoms with E-state index < -0.39 is 0 Å². The number of ether oxygens (including phenoxy) is 1. The normalized spacial score (nSPS) is 12.2. The largest absolute Gasteiger partial charge is 0.493 e. The highest BCUT2D eigenvalue weighted by atomic mass is 79.9. The van der Waals surface area contributed by atoms with Crippen LogP contribution in [0.15, 0.2) is 40.9 Å². The maximum absolute atomic E-state index is 5.56. The molecule has 0 N–H and O–H groups in total. The fraction of sp³-hybridized carbons (Fsp3) is 0.333. The van der Waals surface area contributed by atoms with Crippen LogP contribution in [0.2, 0.25) is 0 Å². The monoisotopic (exact) mass is 410 g/mol. The summed E-state index contributed by atoms with van der Waals surface area (Å²) in [6, 6.07) is 12.9. The van der Waals surface area contributed by atoms with Crippen LogP contribution in [0.3, 0.4) is 0 Å². The molecule has 2 rings (SSSR count). The minimum absolute atomic E-state index is 0.298. The molecule has 0 fully saturated rings. The third-order valence-corrected chi connectivity index (χ3v) is 5.08. The average Bonchev–Trinajstić information content (AvgIpc) is 2.45. The Bertz CT molecular complexity index is 623. The standard InChI is InChI=1S/C18H20Br2O/c1-4-21-18-8-7-15(11-17(18)20)16(19)10-14-6-5-12(2)13(3)9-14/h5-9,11,16H,4,10H2,1-3H3. The first-order chi connectivity index (χ1) is 10.0. The van der Waals surface area contributed by atoms with Crippen molar-refractivity contribution in [2.45, 2.75) is 32.0 Å². The smallest absolute Gasteiger partial charge is 0.133 e. The van der Waals surface area contributed by atoms with Crippen LogP contribution in [-0.4, -0.2) is 6.61 Å². The molecule has 0 heterocycles. The summed E-state index contributed by atoms with van der Waals surface area (Å²) >= 11 is 7.38. The van der Waals surface area contributed by atoms with E-state index in [9.17, 15) is 0 Å². The van der Waals surface area contributed by atoms with Crippen molar-refractivity contribution in [1.82, 2.24) is 0 Å². The van der Waals surface area contributed by atoms with Gasteiger partial charge in [-0.1, -0.05) is 40.2 Å². The maximum atomic E-state index is 5.56. The molecule has 21 heavy (non-hydrogen) atoms. The molecule has 2 aromatic rings. The van der Waals surface area contributed by atoms with Gasteiger partial charge >= 0.3 is 0 Å². The van der Waals surface area contributed by atoms with Crippen molar-refractivity contribution in [2.75, 3.05) is 6.61 Å². The molecule has 0 aliphatic rings. The highest BCUT2D eigenvalue weighted by molar-refractivity contribution is 9.10. The quantitative estimate of drug-likeness (QED) is 0.536. The molecule has 0 saturated carbocycles. The van der Waals surface area contributed by atoms with Crippen LogP contribution in [0, 0.1) is 13.8 Å². The topological polar surface area (TPSA) is 9.23 Å². The van der Waals surface area contributed by atoms with Gasteiger partial charge in [-0.15, -0.1) is 0 Å². The minimum Gasteiger partial charge on any atom is -0.493 e. The molecule has 0 aliphatic heterocycles. The predicted octanol–water partition coefficient (Wildman–Crippen LogP) is 6.14. The summed E-state index contributed by atoms with van der Waals surface area (Å²) in [7, 11) is 0. The number of benzene rings is 2. The summed E-state index contributed by atoms with van der Waals surface area (Å²) < 4.78 is 6.56. The Balaban J connectivity index is 2.14. The molecule has 1 nitrogen and oxygen atoms in total. The van der Waals surface area contributed by atoms with E-state index in [1.807, 2.05) is 13.0 Å². The van der Waals surface area contributed by atoms with Gasteiger partial charge in [0, 0.05) is 4.83 Å². The van der Waals surface area contributed by atoms with E-state index in [1.54, 1.807) is 0 Å². The van der Waals surface area contributed by atoms with E-state index in [0.29, 0.717) is 11.4 Å². The molecule has 112 valence electrons. The maximum Gasteiger partial charge on any atom is 0.133 e. The van der Waals surface area contributed by atoms with Crippen LogP contribution in [0.25, 0.3) is 0 Å². The molecule has 0 amide bonds. The van der Waals surface area contributed by atoms with Crippen molar-refractivity contribution in [1.29, 1.82) is 0 Å². The van der Waals surface area contributed by atoms with E-state index in [0.717, 1.165) is 16.6 Å². The Morgan fingerprint density at radius 2 is 1.81 bits per heavy atom. The van der Waals surface area contributed by atoms with Gasteiger partial charge in [0.15, 0.2) is 0 Å². The number of hydrogen-bond acceptors (Lipinski definition) is 1. The molecule has 1 unspecified atom stereocenters. The fourth-order valence-electron chi connectivity index (χ4n) is 2.24. The molecule has 3 heteroatoms. The zero-order chi connectivity index (χ0) is 15.4. The van der Waals surface area contributed by atoms with Crippen molar-refractivity contribution >= 4 is 31.9 Å².